The molecule has 0 fully saturated rings. The van der Waals surface area contributed by atoms with Gasteiger partial charge in [-0.3, -0.25) is 0 Å². The maximum absolute atomic E-state index is 4.55. The molecular weight excluding hydrogens is 204 g/mol. The predicted molar refractivity (Wildman–Crippen MR) is 63.5 cm³/mol. The van der Waals surface area contributed by atoms with Gasteiger partial charge in [-0.2, -0.15) is 0 Å². The van der Waals surface area contributed by atoms with Crippen LogP contribution >= 0.6 is 11.3 Å². The van der Waals surface area contributed by atoms with Gasteiger partial charge in [-0.1, -0.05) is 0 Å². The first-order valence-corrected chi connectivity index (χ1v) is 6.33. The Balaban J connectivity index is 2.37. The summed E-state index contributed by atoms with van der Waals surface area (Å²) in [6.07, 6.45) is 5.13. The molecule has 0 unspecified atom stereocenters. The fourth-order valence-corrected chi connectivity index (χ4v) is 3.83. The third-order valence-electron chi connectivity index (χ3n) is 3.11. The highest BCUT2D eigenvalue weighted by atomic mass is 32.1. The Kier molecular flexibility index (Phi) is 2.02. The van der Waals surface area contributed by atoms with E-state index >= 15 is 0 Å². The zero-order chi connectivity index (χ0) is 10.4. The van der Waals surface area contributed by atoms with E-state index in [1.54, 1.807) is 10.4 Å². The van der Waals surface area contributed by atoms with Crippen LogP contribution in [0.15, 0.2) is 0 Å². The average molecular weight is 218 g/mol. The van der Waals surface area contributed by atoms with Crippen LogP contribution in [0.3, 0.4) is 0 Å². The standard InChI is InChI=1S/C12H14N2S/c1-7-11-9-5-3-4-6-10(9)15-12(11)14-8(2)13-7/h3-6H2,1-2H3. The molecule has 2 heterocycles. The smallest absolute Gasteiger partial charge is 0.127 e. The van der Waals surface area contributed by atoms with Crippen LogP contribution in [0.1, 0.15) is 34.8 Å². The van der Waals surface area contributed by atoms with Crippen molar-refractivity contribution >= 4 is 21.6 Å². The van der Waals surface area contributed by atoms with E-state index in [-0.39, 0.29) is 0 Å². The molecule has 0 saturated heterocycles. The lowest BCUT2D eigenvalue weighted by molar-refractivity contribution is 0.700. The molecule has 3 heteroatoms. The summed E-state index contributed by atoms with van der Waals surface area (Å²) in [6.45, 7) is 4.09. The number of fused-ring (bicyclic) bond motifs is 3. The Bertz CT molecular complexity index is 528. The van der Waals surface area contributed by atoms with E-state index in [0.29, 0.717) is 0 Å². The second-order valence-electron chi connectivity index (χ2n) is 4.25. The zero-order valence-corrected chi connectivity index (χ0v) is 9.95. The van der Waals surface area contributed by atoms with Crippen LogP contribution < -0.4 is 0 Å². The molecule has 2 nitrogen and oxygen atoms in total. The van der Waals surface area contributed by atoms with Crippen molar-refractivity contribution in [3.8, 4) is 0 Å². The minimum atomic E-state index is 0.901. The van der Waals surface area contributed by atoms with E-state index in [0.717, 1.165) is 11.5 Å². The summed E-state index contributed by atoms with van der Waals surface area (Å²) in [5.41, 5.74) is 2.70. The van der Waals surface area contributed by atoms with E-state index < -0.39 is 0 Å². The van der Waals surface area contributed by atoms with E-state index in [2.05, 4.69) is 16.9 Å². The molecule has 0 saturated carbocycles. The highest BCUT2D eigenvalue weighted by Gasteiger charge is 2.18. The molecule has 15 heavy (non-hydrogen) atoms. The monoisotopic (exact) mass is 218 g/mol. The fourth-order valence-electron chi connectivity index (χ4n) is 2.47. The third-order valence-corrected chi connectivity index (χ3v) is 4.29. The van der Waals surface area contributed by atoms with E-state index in [1.807, 2.05) is 18.3 Å². The van der Waals surface area contributed by atoms with Crippen molar-refractivity contribution in [1.82, 2.24) is 9.97 Å². The largest absolute Gasteiger partial charge is 0.238 e. The van der Waals surface area contributed by atoms with Gasteiger partial charge in [0.15, 0.2) is 0 Å². The Morgan fingerprint density at radius 1 is 1.07 bits per heavy atom. The van der Waals surface area contributed by atoms with E-state index in [4.69, 9.17) is 0 Å². The molecule has 0 aliphatic heterocycles. The van der Waals surface area contributed by atoms with Crippen molar-refractivity contribution in [2.75, 3.05) is 0 Å². The number of thiophene rings is 1. The van der Waals surface area contributed by atoms with Gasteiger partial charge in [-0.15, -0.1) is 11.3 Å². The molecule has 2 aromatic heterocycles. The van der Waals surface area contributed by atoms with Gasteiger partial charge in [0.05, 0.1) is 0 Å². The molecule has 3 rings (SSSR count). The third kappa shape index (κ3) is 1.37. The lowest BCUT2D eigenvalue weighted by atomic mass is 9.96. The van der Waals surface area contributed by atoms with Crippen molar-refractivity contribution in [2.24, 2.45) is 0 Å². The van der Waals surface area contributed by atoms with Crippen molar-refractivity contribution < 1.29 is 0 Å². The Morgan fingerprint density at radius 2 is 1.87 bits per heavy atom. The van der Waals surface area contributed by atoms with Gasteiger partial charge in [-0.05, 0) is 45.1 Å². The van der Waals surface area contributed by atoms with Crippen LogP contribution in [0.5, 0.6) is 0 Å². The van der Waals surface area contributed by atoms with Crippen LogP contribution in [0.4, 0.5) is 0 Å². The number of hydrogen-bond donors (Lipinski definition) is 0. The normalized spacial score (nSPS) is 15.6. The quantitative estimate of drug-likeness (QED) is 0.678. The number of aromatic nitrogens is 2. The first-order chi connectivity index (χ1) is 7.25. The lowest BCUT2D eigenvalue weighted by Gasteiger charge is -2.10. The molecular formula is C12H14N2S. The Hall–Kier alpha value is -0.960. The summed E-state index contributed by atoms with van der Waals surface area (Å²) in [7, 11) is 0. The first-order valence-electron chi connectivity index (χ1n) is 5.51. The van der Waals surface area contributed by atoms with Gasteiger partial charge in [0, 0.05) is 16.0 Å². The average Bonchev–Trinajstić information content (AvgIpc) is 2.54. The minimum Gasteiger partial charge on any atom is -0.238 e. The summed E-state index contributed by atoms with van der Waals surface area (Å²) >= 11 is 1.88. The molecule has 2 aromatic rings. The molecule has 0 spiro atoms. The van der Waals surface area contributed by atoms with Crippen LogP contribution in [0.2, 0.25) is 0 Å². The molecule has 0 radical (unpaired) electrons. The number of nitrogens with zero attached hydrogens (tertiary/aromatic N) is 2. The molecule has 0 amide bonds. The maximum atomic E-state index is 4.55. The van der Waals surface area contributed by atoms with Gasteiger partial charge in [0.2, 0.25) is 0 Å². The topological polar surface area (TPSA) is 25.8 Å². The van der Waals surface area contributed by atoms with Crippen LogP contribution in [0, 0.1) is 13.8 Å². The summed E-state index contributed by atoms with van der Waals surface area (Å²) in [5.74, 6) is 0.901. The second kappa shape index (κ2) is 3.27. The van der Waals surface area contributed by atoms with Crippen molar-refractivity contribution in [3.63, 3.8) is 0 Å². The Morgan fingerprint density at radius 3 is 2.73 bits per heavy atom. The highest BCUT2D eigenvalue weighted by molar-refractivity contribution is 7.18. The van der Waals surface area contributed by atoms with Crippen molar-refractivity contribution in [2.45, 2.75) is 39.5 Å². The van der Waals surface area contributed by atoms with Gasteiger partial charge < -0.3 is 0 Å². The van der Waals surface area contributed by atoms with E-state index in [9.17, 15) is 0 Å². The van der Waals surface area contributed by atoms with Gasteiger partial charge in [0.25, 0.3) is 0 Å². The van der Waals surface area contributed by atoms with Gasteiger partial charge in [0.1, 0.15) is 10.7 Å². The summed E-state index contributed by atoms with van der Waals surface area (Å²) < 4.78 is 0. The second-order valence-corrected chi connectivity index (χ2v) is 5.33. The van der Waals surface area contributed by atoms with Crippen LogP contribution in [0.25, 0.3) is 10.2 Å². The molecule has 0 aromatic carbocycles. The molecule has 78 valence electrons. The number of aryl methyl sites for hydroxylation is 4. The van der Waals surface area contributed by atoms with Crippen molar-refractivity contribution in [3.05, 3.63) is 22.0 Å². The summed E-state index contributed by atoms with van der Waals surface area (Å²) in [4.78, 5) is 11.8. The minimum absolute atomic E-state index is 0.901. The van der Waals surface area contributed by atoms with Gasteiger partial charge >= 0.3 is 0 Å². The van der Waals surface area contributed by atoms with Crippen LogP contribution in [-0.4, -0.2) is 9.97 Å². The summed E-state index contributed by atoms with van der Waals surface area (Å²) in [5, 5.41) is 1.35. The first kappa shape index (κ1) is 9.28. The number of rotatable bonds is 0. The molecule has 0 bridgehead atoms. The maximum Gasteiger partial charge on any atom is 0.127 e. The van der Waals surface area contributed by atoms with Gasteiger partial charge in [-0.25, -0.2) is 9.97 Å². The highest BCUT2D eigenvalue weighted by Crippen LogP contribution is 2.36. The summed E-state index contributed by atoms with van der Waals surface area (Å²) in [6, 6.07) is 0. The number of hydrogen-bond acceptors (Lipinski definition) is 3. The Labute approximate surface area is 93.4 Å². The molecule has 1 aliphatic rings. The SMILES string of the molecule is Cc1nc(C)c2c3c(sc2n1)CCCC3. The lowest BCUT2D eigenvalue weighted by Crippen LogP contribution is -1.99. The zero-order valence-electron chi connectivity index (χ0n) is 9.13. The molecule has 1 aliphatic carbocycles. The van der Waals surface area contributed by atoms with E-state index in [1.165, 1.54) is 35.9 Å². The molecule has 0 N–H and O–H groups in total. The molecule has 0 atom stereocenters. The van der Waals surface area contributed by atoms with Crippen molar-refractivity contribution in [1.29, 1.82) is 0 Å². The predicted octanol–water partition coefficient (Wildman–Crippen LogP) is 3.19. The van der Waals surface area contributed by atoms with Crippen LogP contribution in [-0.2, 0) is 12.8 Å². The fraction of sp³-hybridized carbons (Fsp3) is 0.500.